The fraction of sp³-hybridized carbons (Fsp3) is 0.364. The molecule has 2 aromatic heterocycles. The van der Waals surface area contributed by atoms with Crippen LogP contribution in [0.3, 0.4) is 0 Å². The molecule has 1 aliphatic rings. The van der Waals surface area contributed by atoms with Gasteiger partial charge in [0.25, 0.3) is 0 Å². The van der Waals surface area contributed by atoms with E-state index in [1.807, 2.05) is 35.0 Å². The number of anilines is 1. The average molecular weight is 751 g/mol. The number of halogens is 8. The summed E-state index contributed by atoms with van der Waals surface area (Å²) in [4.78, 5) is 25.0. The topological polar surface area (TPSA) is 126 Å². The van der Waals surface area contributed by atoms with Crippen LogP contribution in [0.5, 0.6) is 11.5 Å². The third-order valence-electron chi connectivity index (χ3n) is 7.87. The van der Waals surface area contributed by atoms with Crippen molar-refractivity contribution in [2.24, 2.45) is 0 Å². The Hall–Kier alpha value is -4.77. The van der Waals surface area contributed by atoms with Crippen molar-refractivity contribution in [1.29, 1.82) is 0 Å². The molecule has 4 aromatic rings. The Morgan fingerprint density at radius 3 is 2.04 bits per heavy atom. The molecule has 0 amide bonds. The van der Waals surface area contributed by atoms with Crippen LogP contribution in [-0.4, -0.2) is 77.2 Å². The van der Waals surface area contributed by atoms with Crippen molar-refractivity contribution in [2.75, 3.05) is 26.2 Å². The Balaban J connectivity index is 0.000000424. The molecule has 51 heavy (non-hydrogen) atoms. The second kappa shape index (κ2) is 17.4. The molecule has 0 bridgehead atoms. The minimum atomic E-state index is -5.08. The van der Waals surface area contributed by atoms with Crippen LogP contribution in [0.25, 0.3) is 16.9 Å². The zero-order valence-electron chi connectivity index (χ0n) is 27.4. The van der Waals surface area contributed by atoms with Gasteiger partial charge in [-0.15, -0.1) is 0 Å². The minimum absolute atomic E-state index is 0.144. The summed E-state index contributed by atoms with van der Waals surface area (Å²) in [6, 6.07) is 15.7. The molecular formula is C33H34ClF7N4O6. The molecule has 3 N–H and O–H groups in total. The van der Waals surface area contributed by atoms with Crippen molar-refractivity contribution in [3.63, 3.8) is 0 Å². The highest BCUT2D eigenvalue weighted by molar-refractivity contribution is 6.32. The Morgan fingerprint density at radius 1 is 0.941 bits per heavy atom. The van der Waals surface area contributed by atoms with Gasteiger partial charge in [0.2, 0.25) is 0 Å². The van der Waals surface area contributed by atoms with Crippen LogP contribution in [0, 0.1) is 5.82 Å². The van der Waals surface area contributed by atoms with Crippen molar-refractivity contribution in [3.8, 4) is 22.8 Å². The molecule has 0 radical (unpaired) electrons. The third-order valence-corrected chi connectivity index (χ3v) is 8.16. The van der Waals surface area contributed by atoms with Gasteiger partial charge in [0, 0.05) is 67.0 Å². The fourth-order valence-corrected chi connectivity index (χ4v) is 5.40. The Bertz CT molecular complexity index is 1770. The molecule has 0 saturated heterocycles. The summed E-state index contributed by atoms with van der Waals surface area (Å²) in [6.07, 6.45) is -1.85. The molecule has 278 valence electrons. The smallest absolute Gasteiger partial charge is 0.490 e. The normalized spacial score (nSPS) is 15.9. The molecule has 0 spiro atoms. The number of carbonyl (C=O) groups is 2. The number of ether oxygens (including phenoxy) is 2. The standard InChI is InChI=1S/C29H32ClFN4O2.2C2HF3O2/c1-34(21-10-8-20(9-11-21)32-17-19-6-4-5-7-25(19)31)22-12-13-35-18-26(33-29(35)14-22)23-15-24(30)28(37-3)16-27(23)36-2;2*3-2(4,5)1(6)7/h4-7,12-16,18,20-21,32H,8-11,17H2,1-3H3;2*(H,6,7). The number of aliphatic carboxylic acids is 2. The number of benzene rings is 2. The number of carboxylic acid groups (broad SMARTS) is 2. The monoisotopic (exact) mass is 750 g/mol. The van der Waals surface area contributed by atoms with E-state index in [0.29, 0.717) is 35.2 Å². The summed E-state index contributed by atoms with van der Waals surface area (Å²) < 4.78 is 90.3. The van der Waals surface area contributed by atoms with E-state index in [1.165, 1.54) is 6.07 Å². The first-order valence-electron chi connectivity index (χ1n) is 15.1. The van der Waals surface area contributed by atoms with Gasteiger partial charge in [0.05, 0.1) is 24.9 Å². The molecule has 0 unspecified atom stereocenters. The molecule has 1 aliphatic carbocycles. The lowest BCUT2D eigenvalue weighted by atomic mass is 9.90. The number of hydrogen-bond acceptors (Lipinski definition) is 7. The number of methoxy groups -OCH3 is 2. The van der Waals surface area contributed by atoms with Gasteiger partial charge < -0.3 is 34.3 Å². The zero-order chi connectivity index (χ0) is 38.1. The van der Waals surface area contributed by atoms with Gasteiger partial charge in [0.1, 0.15) is 23.0 Å². The van der Waals surface area contributed by atoms with Crippen LogP contribution in [-0.2, 0) is 16.1 Å². The van der Waals surface area contributed by atoms with E-state index in [1.54, 1.807) is 26.4 Å². The Morgan fingerprint density at radius 2 is 1.51 bits per heavy atom. The lowest BCUT2D eigenvalue weighted by Crippen LogP contribution is -2.40. The Kier molecular flexibility index (Phi) is 13.9. The summed E-state index contributed by atoms with van der Waals surface area (Å²) in [5.74, 6) is -4.44. The van der Waals surface area contributed by atoms with Gasteiger partial charge >= 0.3 is 24.3 Å². The SMILES string of the molecule is COc1cc(OC)c(-c2cn3ccc(N(C)C4CCC(NCc5ccccc5F)CC4)cc3n2)cc1Cl.O=C(O)C(F)(F)F.O=C(O)C(F)(F)F. The van der Waals surface area contributed by atoms with E-state index in [4.69, 9.17) is 45.9 Å². The number of nitrogens with zero attached hydrogens (tertiary/aromatic N) is 3. The number of aromatic nitrogens is 2. The number of alkyl halides is 6. The number of carboxylic acids is 2. The summed E-state index contributed by atoms with van der Waals surface area (Å²) >= 11 is 6.38. The van der Waals surface area contributed by atoms with Crippen molar-refractivity contribution in [2.45, 2.75) is 56.7 Å². The van der Waals surface area contributed by atoms with Gasteiger partial charge in [0.15, 0.2) is 0 Å². The first-order valence-corrected chi connectivity index (χ1v) is 15.4. The zero-order valence-corrected chi connectivity index (χ0v) is 28.1. The maximum absolute atomic E-state index is 13.9. The van der Waals surface area contributed by atoms with E-state index in [9.17, 15) is 30.7 Å². The maximum Gasteiger partial charge on any atom is 0.490 e. The average Bonchev–Trinajstić information content (AvgIpc) is 3.51. The summed E-state index contributed by atoms with van der Waals surface area (Å²) in [6.45, 7) is 0.570. The first-order chi connectivity index (χ1) is 23.8. The quantitative estimate of drug-likeness (QED) is 0.156. The number of imidazole rings is 1. The van der Waals surface area contributed by atoms with Gasteiger partial charge in [-0.05, 0) is 43.9 Å². The van der Waals surface area contributed by atoms with Gasteiger partial charge in [-0.25, -0.2) is 19.0 Å². The second-order valence-corrected chi connectivity index (χ2v) is 11.6. The predicted molar refractivity (Wildman–Crippen MR) is 174 cm³/mol. The van der Waals surface area contributed by atoms with E-state index in [2.05, 4.69) is 29.4 Å². The third kappa shape index (κ3) is 11.4. The Labute approximate surface area is 292 Å². The van der Waals surface area contributed by atoms with Crippen molar-refractivity contribution in [1.82, 2.24) is 14.7 Å². The van der Waals surface area contributed by atoms with Crippen LogP contribution in [0.15, 0.2) is 60.9 Å². The van der Waals surface area contributed by atoms with Gasteiger partial charge in [-0.2, -0.15) is 26.3 Å². The number of fused-ring (bicyclic) bond motifs is 1. The summed E-state index contributed by atoms with van der Waals surface area (Å²) in [5, 5.41) is 18.3. The van der Waals surface area contributed by atoms with Crippen LogP contribution in [0.2, 0.25) is 5.02 Å². The molecule has 2 heterocycles. The number of rotatable bonds is 8. The highest BCUT2D eigenvalue weighted by Gasteiger charge is 2.39. The van der Waals surface area contributed by atoms with Crippen LogP contribution in [0.4, 0.5) is 36.4 Å². The molecule has 0 atom stereocenters. The minimum Gasteiger partial charge on any atom is -0.496 e. The molecule has 18 heteroatoms. The molecule has 5 rings (SSSR count). The molecule has 1 saturated carbocycles. The lowest BCUT2D eigenvalue weighted by molar-refractivity contribution is -0.193. The highest BCUT2D eigenvalue weighted by Crippen LogP contribution is 2.38. The van der Waals surface area contributed by atoms with Crippen LogP contribution in [0.1, 0.15) is 31.2 Å². The predicted octanol–water partition coefficient (Wildman–Crippen LogP) is 7.61. The van der Waals surface area contributed by atoms with E-state index < -0.39 is 24.3 Å². The second-order valence-electron chi connectivity index (χ2n) is 11.2. The molecule has 10 nitrogen and oxygen atoms in total. The summed E-state index contributed by atoms with van der Waals surface area (Å²) in [5.41, 5.74) is 4.31. The molecule has 1 fully saturated rings. The molecular weight excluding hydrogens is 717 g/mol. The molecule has 2 aromatic carbocycles. The summed E-state index contributed by atoms with van der Waals surface area (Å²) in [7, 11) is 5.36. The van der Waals surface area contributed by atoms with E-state index in [0.717, 1.165) is 53.8 Å². The van der Waals surface area contributed by atoms with E-state index in [-0.39, 0.29) is 5.82 Å². The maximum atomic E-state index is 13.9. The van der Waals surface area contributed by atoms with Crippen molar-refractivity contribution in [3.05, 3.63) is 77.3 Å². The lowest BCUT2D eigenvalue weighted by Gasteiger charge is -2.36. The number of pyridine rings is 1. The van der Waals surface area contributed by atoms with Crippen molar-refractivity contribution < 1.29 is 60.0 Å². The van der Waals surface area contributed by atoms with Crippen LogP contribution < -0.4 is 19.7 Å². The van der Waals surface area contributed by atoms with Gasteiger partial charge in [-0.1, -0.05) is 29.8 Å². The largest absolute Gasteiger partial charge is 0.496 e. The number of nitrogens with one attached hydrogen (secondary N) is 1. The van der Waals surface area contributed by atoms with Gasteiger partial charge in [-0.3, -0.25) is 0 Å². The number of hydrogen-bond donors (Lipinski definition) is 3. The highest BCUT2D eigenvalue weighted by atomic mass is 35.5. The first kappa shape index (κ1) is 40.7. The van der Waals surface area contributed by atoms with Crippen molar-refractivity contribution >= 4 is 34.9 Å². The molecule has 0 aliphatic heterocycles. The van der Waals surface area contributed by atoms with E-state index >= 15 is 0 Å². The fourth-order valence-electron chi connectivity index (χ4n) is 5.15. The van der Waals surface area contributed by atoms with Crippen LogP contribution >= 0.6 is 11.6 Å².